The van der Waals surface area contributed by atoms with Gasteiger partial charge >= 0.3 is 0 Å². The second kappa shape index (κ2) is 7.04. The molecule has 16 heavy (non-hydrogen) atoms. The lowest BCUT2D eigenvalue weighted by Gasteiger charge is -2.12. The fourth-order valence-electron chi connectivity index (χ4n) is 1.25. The molecule has 0 radical (unpaired) electrons. The van der Waals surface area contributed by atoms with Gasteiger partial charge in [-0.3, -0.25) is 4.79 Å². The molecule has 0 aliphatic carbocycles. The summed E-state index contributed by atoms with van der Waals surface area (Å²) < 4.78 is 0. The van der Waals surface area contributed by atoms with Gasteiger partial charge in [-0.2, -0.15) is 11.3 Å². The van der Waals surface area contributed by atoms with Gasteiger partial charge in [-0.1, -0.05) is 5.92 Å². The average Bonchev–Trinajstić information content (AvgIpc) is 2.78. The first-order chi connectivity index (χ1) is 7.74. The summed E-state index contributed by atoms with van der Waals surface area (Å²) in [6, 6.07) is 1.89. The summed E-state index contributed by atoms with van der Waals surface area (Å²) in [4.78, 5) is 11.4. The zero-order chi connectivity index (χ0) is 11.8. The maximum Gasteiger partial charge on any atom is 0.237 e. The molecule has 1 heterocycles. The van der Waals surface area contributed by atoms with Crippen LogP contribution in [0.1, 0.15) is 12.5 Å². The Hall–Kier alpha value is -1.31. The van der Waals surface area contributed by atoms with Crippen molar-refractivity contribution in [3.05, 3.63) is 22.4 Å². The summed E-state index contributed by atoms with van der Waals surface area (Å²) in [7, 11) is 0. The molecule has 0 saturated heterocycles. The van der Waals surface area contributed by atoms with Gasteiger partial charge in [0, 0.05) is 0 Å². The largest absolute Gasteiger partial charge is 0.344 e. The second-order valence-corrected chi connectivity index (χ2v) is 4.26. The molecule has 0 aliphatic heterocycles. The monoisotopic (exact) mass is 236 g/mol. The first kappa shape index (κ1) is 12.8. The molecule has 1 rings (SSSR count). The quantitative estimate of drug-likeness (QED) is 0.724. The number of terminal acetylenes is 1. The standard InChI is InChI=1S/C12H16N2OS/c1-3-6-14-12(15)10(2)13-7-4-11-5-8-16-9-11/h1,5,8-10,13H,4,6-7H2,2H3,(H,14,15). The van der Waals surface area contributed by atoms with Crippen molar-refractivity contribution in [1.82, 2.24) is 10.6 Å². The molecule has 2 N–H and O–H groups in total. The van der Waals surface area contributed by atoms with E-state index >= 15 is 0 Å². The van der Waals surface area contributed by atoms with Crippen LogP contribution in [0.5, 0.6) is 0 Å². The SMILES string of the molecule is C#CCNC(=O)C(C)NCCc1ccsc1. The van der Waals surface area contributed by atoms with Gasteiger partial charge in [0.05, 0.1) is 12.6 Å². The minimum Gasteiger partial charge on any atom is -0.344 e. The number of hydrogen-bond donors (Lipinski definition) is 2. The first-order valence-corrected chi connectivity index (χ1v) is 6.14. The van der Waals surface area contributed by atoms with E-state index in [1.807, 2.05) is 6.92 Å². The Labute approximate surface area is 100 Å². The molecule has 0 aliphatic rings. The van der Waals surface area contributed by atoms with E-state index in [1.165, 1.54) is 5.56 Å². The van der Waals surface area contributed by atoms with E-state index in [2.05, 4.69) is 33.4 Å². The lowest BCUT2D eigenvalue weighted by Crippen LogP contribution is -2.42. The Balaban J connectivity index is 2.17. The molecule has 0 fully saturated rings. The summed E-state index contributed by atoms with van der Waals surface area (Å²) in [5.74, 6) is 2.32. The van der Waals surface area contributed by atoms with Crippen LogP contribution in [-0.2, 0) is 11.2 Å². The Bertz CT molecular complexity index is 354. The van der Waals surface area contributed by atoms with E-state index in [-0.39, 0.29) is 18.5 Å². The zero-order valence-corrected chi connectivity index (χ0v) is 10.1. The van der Waals surface area contributed by atoms with E-state index in [0.29, 0.717) is 0 Å². The van der Waals surface area contributed by atoms with Crippen LogP contribution < -0.4 is 10.6 Å². The summed E-state index contributed by atoms with van der Waals surface area (Å²) >= 11 is 1.69. The van der Waals surface area contributed by atoms with Crippen LogP contribution in [-0.4, -0.2) is 25.0 Å². The Kier molecular flexibility index (Phi) is 5.62. The summed E-state index contributed by atoms with van der Waals surface area (Å²) in [6.45, 7) is 2.91. The number of carbonyl (C=O) groups excluding carboxylic acids is 1. The van der Waals surface area contributed by atoms with Gasteiger partial charge in [0.1, 0.15) is 0 Å². The van der Waals surface area contributed by atoms with Crippen molar-refractivity contribution in [1.29, 1.82) is 0 Å². The van der Waals surface area contributed by atoms with Gasteiger partial charge in [-0.25, -0.2) is 0 Å². The molecule has 1 aromatic heterocycles. The smallest absolute Gasteiger partial charge is 0.237 e. The topological polar surface area (TPSA) is 41.1 Å². The van der Waals surface area contributed by atoms with Crippen LogP contribution in [0.15, 0.2) is 16.8 Å². The summed E-state index contributed by atoms with van der Waals surface area (Å²) in [5.41, 5.74) is 1.30. The lowest BCUT2D eigenvalue weighted by molar-refractivity contribution is -0.122. The highest BCUT2D eigenvalue weighted by Gasteiger charge is 2.10. The zero-order valence-electron chi connectivity index (χ0n) is 9.32. The molecule has 1 amide bonds. The molecule has 86 valence electrons. The van der Waals surface area contributed by atoms with Crippen LogP contribution >= 0.6 is 11.3 Å². The van der Waals surface area contributed by atoms with E-state index in [9.17, 15) is 4.79 Å². The highest BCUT2D eigenvalue weighted by Crippen LogP contribution is 2.05. The van der Waals surface area contributed by atoms with Gasteiger partial charge in [0.15, 0.2) is 0 Å². The number of nitrogens with one attached hydrogen (secondary N) is 2. The Morgan fingerprint density at radius 2 is 2.50 bits per heavy atom. The molecular weight excluding hydrogens is 220 g/mol. The van der Waals surface area contributed by atoms with Gasteiger partial charge < -0.3 is 10.6 Å². The van der Waals surface area contributed by atoms with Crippen molar-refractivity contribution >= 4 is 17.2 Å². The molecule has 1 atom stereocenters. The van der Waals surface area contributed by atoms with Crippen molar-refractivity contribution in [2.75, 3.05) is 13.1 Å². The fourth-order valence-corrected chi connectivity index (χ4v) is 1.95. The van der Waals surface area contributed by atoms with Crippen molar-refractivity contribution < 1.29 is 4.79 Å². The maximum atomic E-state index is 11.4. The molecule has 0 saturated carbocycles. The Morgan fingerprint density at radius 1 is 1.69 bits per heavy atom. The van der Waals surface area contributed by atoms with Gasteiger partial charge in [-0.15, -0.1) is 6.42 Å². The number of rotatable bonds is 6. The van der Waals surface area contributed by atoms with E-state index in [1.54, 1.807) is 11.3 Å². The van der Waals surface area contributed by atoms with E-state index in [0.717, 1.165) is 13.0 Å². The fraction of sp³-hybridized carbons (Fsp3) is 0.417. The molecule has 1 aromatic rings. The first-order valence-electron chi connectivity index (χ1n) is 5.19. The average molecular weight is 236 g/mol. The third-order valence-corrected chi connectivity index (χ3v) is 2.93. The predicted molar refractivity (Wildman–Crippen MR) is 67.3 cm³/mol. The predicted octanol–water partition coefficient (Wildman–Crippen LogP) is 1.02. The van der Waals surface area contributed by atoms with Crippen molar-refractivity contribution in [2.24, 2.45) is 0 Å². The van der Waals surface area contributed by atoms with Crippen LogP contribution in [0.2, 0.25) is 0 Å². The van der Waals surface area contributed by atoms with Gasteiger partial charge in [-0.05, 0) is 42.3 Å². The highest BCUT2D eigenvalue weighted by molar-refractivity contribution is 7.07. The van der Waals surface area contributed by atoms with Crippen molar-refractivity contribution in [2.45, 2.75) is 19.4 Å². The normalized spacial score (nSPS) is 11.8. The third kappa shape index (κ3) is 4.47. The van der Waals surface area contributed by atoms with E-state index < -0.39 is 0 Å². The number of thiophene rings is 1. The summed E-state index contributed by atoms with van der Waals surface area (Å²) in [6.07, 6.45) is 6.00. The van der Waals surface area contributed by atoms with Crippen LogP contribution in [0.25, 0.3) is 0 Å². The lowest BCUT2D eigenvalue weighted by atomic mass is 10.2. The van der Waals surface area contributed by atoms with Crippen molar-refractivity contribution in [3.63, 3.8) is 0 Å². The minimum atomic E-state index is -0.202. The molecule has 0 bridgehead atoms. The van der Waals surface area contributed by atoms with Crippen LogP contribution in [0.4, 0.5) is 0 Å². The third-order valence-electron chi connectivity index (χ3n) is 2.20. The van der Waals surface area contributed by atoms with Crippen molar-refractivity contribution in [3.8, 4) is 12.3 Å². The number of amides is 1. The van der Waals surface area contributed by atoms with Crippen LogP contribution in [0, 0.1) is 12.3 Å². The molecular formula is C12H16N2OS. The highest BCUT2D eigenvalue weighted by atomic mass is 32.1. The molecule has 0 spiro atoms. The number of hydrogen-bond acceptors (Lipinski definition) is 3. The molecule has 0 aromatic carbocycles. The summed E-state index contributed by atoms with van der Waals surface area (Å²) in [5, 5.41) is 9.96. The maximum absolute atomic E-state index is 11.4. The number of carbonyl (C=O) groups is 1. The van der Waals surface area contributed by atoms with Gasteiger partial charge in [0.25, 0.3) is 0 Å². The molecule has 4 heteroatoms. The minimum absolute atomic E-state index is 0.0525. The Morgan fingerprint density at radius 3 is 3.12 bits per heavy atom. The second-order valence-electron chi connectivity index (χ2n) is 3.48. The van der Waals surface area contributed by atoms with Crippen LogP contribution in [0.3, 0.4) is 0 Å². The molecule has 1 unspecified atom stereocenters. The van der Waals surface area contributed by atoms with E-state index in [4.69, 9.17) is 6.42 Å². The molecule has 3 nitrogen and oxygen atoms in total. The van der Waals surface area contributed by atoms with Gasteiger partial charge in [0.2, 0.25) is 5.91 Å².